The van der Waals surface area contributed by atoms with Crippen LogP contribution in [0.1, 0.15) is 38.3 Å². The van der Waals surface area contributed by atoms with Crippen molar-refractivity contribution in [3.8, 4) is 5.75 Å². The topological polar surface area (TPSA) is 41.5 Å². The number of nitrogens with one attached hydrogen (secondary N) is 1. The Labute approximate surface area is 117 Å². The van der Waals surface area contributed by atoms with Gasteiger partial charge in [-0.15, -0.1) is 0 Å². The molecule has 108 valence electrons. The molecule has 0 radical (unpaired) electrons. The van der Waals surface area contributed by atoms with E-state index in [-0.39, 0.29) is 5.54 Å². The van der Waals surface area contributed by atoms with E-state index in [0.717, 1.165) is 23.3 Å². The Kier molecular flexibility index (Phi) is 5.83. The fourth-order valence-corrected chi connectivity index (χ4v) is 1.78. The van der Waals surface area contributed by atoms with Crippen LogP contribution >= 0.6 is 0 Å². The van der Waals surface area contributed by atoms with Gasteiger partial charge in [0.15, 0.2) is 0 Å². The van der Waals surface area contributed by atoms with Crippen molar-refractivity contribution in [3.63, 3.8) is 0 Å². The van der Waals surface area contributed by atoms with Gasteiger partial charge in [-0.2, -0.15) is 0 Å². The van der Waals surface area contributed by atoms with Gasteiger partial charge in [-0.3, -0.25) is 0 Å². The van der Waals surface area contributed by atoms with Gasteiger partial charge in [0.2, 0.25) is 0 Å². The molecule has 1 aromatic carbocycles. The average molecular weight is 265 g/mol. The van der Waals surface area contributed by atoms with E-state index in [2.05, 4.69) is 26.1 Å². The van der Waals surface area contributed by atoms with Crippen molar-refractivity contribution in [1.29, 1.82) is 0 Å². The fraction of sp³-hybridized carbons (Fsp3) is 0.625. The van der Waals surface area contributed by atoms with E-state index in [1.807, 2.05) is 32.0 Å². The monoisotopic (exact) mass is 265 g/mol. The summed E-state index contributed by atoms with van der Waals surface area (Å²) in [7, 11) is 0. The van der Waals surface area contributed by atoms with E-state index < -0.39 is 6.10 Å². The zero-order valence-electron chi connectivity index (χ0n) is 12.8. The first kappa shape index (κ1) is 16.0. The highest BCUT2D eigenvalue weighted by Gasteiger charge is 2.16. The molecule has 0 aliphatic rings. The van der Waals surface area contributed by atoms with Crippen LogP contribution < -0.4 is 10.1 Å². The summed E-state index contributed by atoms with van der Waals surface area (Å²) < 4.78 is 5.74. The number of ether oxygens (including phenoxy) is 1. The number of aryl methyl sites for hydroxylation is 2. The van der Waals surface area contributed by atoms with Crippen molar-refractivity contribution < 1.29 is 9.84 Å². The molecule has 3 nitrogen and oxygen atoms in total. The molecular formula is C16H27NO2. The molecule has 1 unspecified atom stereocenters. The maximum absolute atomic E-state index is 9.96. The van der Waals surface area contributed by atoms with Crippen molar-refractivity contribution in [2.75, 3.05) is 13.2 Å². The Balaban J connectivity index is 2.44. The summed E-state index contributed by atoms with van der Waals surface area (Å²) in [6.45, 7) is 11.3. The van der Waals surface area contributed by atoms with Crippen LogP contribution in [0.2, 0.25) is 0 Å². The predicted molar refractivity (Wildman–Crippen MR) is 79.8 cm³/mol. The molecule has 0 saturated carbocycles. The number of benzene rings is 1. The van der Waals surface area contributed by atoms with E-state index in [4.69, 9.17) is 4.74 Å². The van der Waals surface area contributed by atoms with Gasteiger partial charge >= 0.3 is 0 Å². The minimum absolute atomic E-state index is 0.0551. The number of β-amino-alcohol motifs (C(OH)–C–C–N with tert-alkyl or cyclic N) is 1. The third-order valence-electron chi connectivity index (χ3n) is 3.53. The smallest absolute Gasteiger partial charge is 0.125 e. The second kappa shape index (κ2) is 6.92. The first-order valence-electron chi connectivity index (χ1n) is 6.98. The van der Waals surface area contributed by atoms with Gasteiger partial charge in [0.1, 0.15) is 18.5 Å². The molecule has 0 aliphatic heterocycles. The molecule has 0 fully saturated rings. The Hall–Kier alpha value is -1.06. The molecular weight excluding hydrogens is 238 g/mol. The van der Waals surface area contributed by atoms with Gasteiger partial charge in [-0.1, -0.05) is 25.1 Å². The van der Waals surface area contributed by atoms with Crippen LogP contribution in [-0.4, -0.2) is 29.9 Å². The molecule has 0 aromatic heterocycles. The number of aliphatic hydroxyl groups is 1. The second-order valence-electron chi connectivity index (χ2n) is 5.80. The van der Waals surface area contributed by atoms with Gasteiger partial charge < -0.3 is 15.2 Å². The summed E-state index contributed by atoms with van der Waals surface area (Å²) in [5.74, 6) is 0.885. The lowest BCUT2D eigenvalue weighted by molar-refractivity contribution is 0.0979. The van der Waals surface area contributed by atoms with E-state index in [1.165, 1.54) is 0 Å². The summed E-state index contributed by atoms with van der Waals surface area (Å²) in [5.41, 5.74) is 2.27. The normalized spacial score (nSPS) is 13.4. The molecule has 0 bridgehead atoms. The van der Waals surface area contributed by atoms with Gasteiger partial charge in [0.05, 0.1) is 0 Å². The van der Waals surface area contributed by atoms with Gasteiger partial charge in [-0.25, -0.2) is 0 Å². The van der Waals surface area contributed by atoms with Crippen LogP contribution in [-0.2, 0) is 0 Å². The van der Waals surface area contributed by atoms with Gasteiger partial charge in [-0.05, 0) is 45.2 Å². The lowest BCUT2D eigenvalue weighted by Crippen LogP contribution is -2.44. The number of rotatable bonds is 7. The molecule has 1 rings (SSSR count). The largest absolute Gasteiger partial charge is 0.490 e. The zero-order chi connectivity index (χ0) is 14.5. The van der Waals surface area contributed by atoms with Crippen molar-refractivity contribution in [3.05, 3.63) is 29.3 Å². The van der Waals surface area contributed by atoms with E-state index in [1.54, 1.807) is 0 Å². The van der Waals surface area contributed by atoms with Crippen LogP contribution in [0.3, 0.4) is 0 Å². The molecule has 19 heavy (non-hydrogen) atoms. The van der Waals surface area contributed by atoms with Crippen molar-refractivity contribution in [1.82, 2.24) is 5.32 Å². The zero-order valence-corrected chi connectivity index (χ0v) is 12.8. The Morgan fingerprint density at radius 3 is 2.37 bits per heavy atom. The van der Waals surface area contributed by atoms with Crippen LogP contribution in [0.4, 0.5) is 0 Å². The SMILES string of the molecule is CCC(C)(C)NCC(O)COc1c(C)cccc1C. The standard InChI is InChI=1S/C16H27NO2/c1-6-16(4,5)17-10-14(18)11-19-15-12(2)8-7-9-13(15)3/h7-9,14,17-18H,6,10-11H2,1-5H3. The van der Waals surface area contributed by atoms with Gasteiger partial charge in [0.25, 0.3) is 0 Å². The third kappa shape index (κ3) is 5.21. The summed E-state index contributed by atoms with van der Waals surface area (Å²) >= 11 is 0. The van der Waals surface area contributed by atoms with E-state index in [9.17, 15) is 5.11 Å². The minimum Gasteiger partial charge on any atom is -0.490 e. The summed E-state index contributed by atoms with van der Waals surface area (Å²) in [6, 6.07) is 6.06. The van der Waals surface area contributed by atoms with Crippen molar-refractivity contribution in [2.24, 2.45) is 0 Å². The van der Waals surface area contributed by atoms with E-state index >= 15 is 0 Å². The molecule has 3 heteroatoms. The minimum atomic E-state index is -0.496. The summed E-state index contributed by atoms with van der Waals surface area (Å²) in [6.07, 6.45) is 0.530. The fourth-order valence-electron chi connectivity index (χ4n) is 1.78. The molecule has 0 saturated heterocycles. The number of hydrogen-bond donors (Lipinski definition) is 2. The van der Waals surface area contributed by atoms with E-state index in [0.29, 0.717) is 13.2 Å². The maximum Gasteiger partial charge on any atom is 0.125 e. The summed E-state index contributed by atoms with van der Waals surface area (Å²) in [5, 5.41) is 13.3. The highest BCUT2D eigenvalue weighted by atomic mass is 16.5. The van der Waals surface area contributed by atoms with Crippen LogP contribution in [0.5, 0.6) is 5.75 Å². The molecule has 0 amide bonds. The predicted octanol–water partition coefficient (Wildman–Crippen LogP) is 2.82. The molecule has 2 N–H and O–H groups in total. The molecule has 1 aromatic rings. The maximum atomic E-state index is 9.96. The highest BCUT2D eigenvalue weighted by molar-refractivity contribution is 5.39. The lowest BCUT2D eigenvalue weighted by Gasteiger charge is -2.26. The Morgan fingerprint density at radius 1 is 1.26 bits per heavy atom. The second-order valence-corrected chi connectivity index (χ2v) is 5.80. The molecule has 0 spiro atoms. The van der Waals surface area contributed by atoms with Crippen LogP contribution in [0.25, 0.3) is 0 Å². The number of aliphatic hydroxyl groups excluding tert-OH is 1. The first-order valence-corrected chi connectivity index (χ1v) is 6.98. The Bertz CT molecular complexity index is 381. The number of para-hydroxylation sites is 1. The lowest BCUT2D eigenvalue weighted by atomic mass is 10.0. The summed E-state index contributed by atoms with van der Waals surface area (Å²) in [4.78, 5) is 0. The van der Waals surface area contributed by atoms with Crippen LogP contribution in [0.15, 0.2) is 18.2 Å². The van der Waals surface area contributed by atoms with Gasteiger partial charge in [0, 0.05) is 12.1 Å². The first-order chi connectivity index (χ1) is 8.85. The molecule has 0 aliphatic carbocycles. The molecule has 0 heterocycles. The van der Waals surface area contributed by atoms with Crippen molar-refractivity contribution in [2.45, 2.75) is 52.7 Å². The highest BCUT2D eigenvalue weighted by Crippen LogP contribution is 2.22. The number of hydrogen-bond acceptors (Lipinski definition) is 3. The quantitative estimate of drug-likeness (QED) is 0.796. The van der Waals surface area contributed by atoms with Crippen LogP contribution in [0, 0.1) is 13.8 Å². The third-order valence-corrected chi connectivity index (χ3v) is 3.53. The van der Waals surface area contributed by atoms with Crippen molar-refractivity contribution >= 4 is 0 Å². The Morgan fingerprint density at radius 2 is 1.84 bits per heavy atom. The average Bonchev–Trinajstić information content (AvgIpc) is 2.36. The molecule has 1 atom stereocenters.